The van der Waals surface area contributed by atoms with Gasteiger partial charge in [0.25, 0.3) is 0 Å². The number of hydrogen-bond acceptors (Lipinski definition) is 3. The van der Waals surface area contributed by atoms with Crippen molar-refractivity contribution < 1.29 is 9.59 Å². The Morgan fingerprint density at radius 1 is 1.29 bits per heavy atom. The van der Waals surface area contributed by atoms with Crippen LogP contribution in [0, 0.1) is 0 Å². The highest BCUT2D eigenvalue weighted by atomic mass is 32.2. The summed E-state index contributed by atoms with van der Waals surface area (Å²) in [5.74, 6) is 0.510. The third kappa shape index (κ3) is 1.91. The van der Waals surface area contributed by atoms with Gasteiger partial charge in [0.15, 0.2) is 0 Å². The summed E-state index contributed by atoms with van der Waals surface area (Å²) in [6.07, 6.45) is 0.832. The zero-order valence-electron chi connectivity index (χ0n) is 9.16. The maximum Gasteiger partial charge on any atom is 0.234 e. The molecule has 2 amide bonds. The molecule has 0 aromatic heterocycles. The smallest absolute Gasteiger partial charge is 0.234 e. The van der Waals surface area contributed by atoms with Crippen LogP contribution in [0.4, 0.5) is 5.69 Å². The van der Waals surface area contributed by atoms with Crippen molar-refractivity contribution in [3.05, 3.63) is 23.8 Å². The molecule has 2 N–H and O–H groups in total. The number of rotatable bonds is 1. The van der Waals surface area contributed by atoms with Crippen LogP contribution in [-0.2, 0) is 9.59 Å². The number of carbonyl (C=O) groups is 2. The Hall–Kier alpha value is -1.49. The molecule has 1 aromatic carbocycles. The fourth-order valence-electron chi connectivity index (χ4n) is 2.23. The van der Waals surface area contributed by atoms with E-state index in [1.165, 1.54) is 11.8 Å². The minimum Gasteiger partial charge on any atom is -0.356 e. The summed E-state index contributed by atoms with van der Waals surface area (Å²) in [7, 11) is 0. The van der Waals surface area contributed by atoms with Crippen LogP contribution in [0.2, 0.25) is 0 Å². The van der Waals surface area contributed by atoms with Crippen molar-refractivity contribution in [3.8, 4) is 0 Å². The third-order valence-corrected chi connectivity index (χ3v) is 4.16. The summed E-state index contributed by atoms with van der Waals surface area (Å²) in [5.41, 5.74) is 1.82. The van der Waals surface area contributed by atoms with Gasteiger partial charge in [-0.3, -0.25) is 9.59 Å². The van der Waals surface area contributed by atoms with Crippen LogP contribution in [0.3, 0.4) is 0 Å². The first-order chi connectivity index (χ1) is 8.24. The molecule has 1 unspecified atom stereocenters. The molecule has 5 heteroatoms. The average Bonchev–Trinajstić information content (AvgIpc) is 2.74. The highest BCUT2D eigenvalue weighted by Crippen LogP contribution is 2.35. The molecule has 4 nitrogen and oxygen atoms in total. The van der Waals surface area contributed by atoms with E-state index in [1.807, 2.05) is 18.2 Å². The molecule has 3 rings (SSSR count). The van der Waals surface area contributed by atoms with E-state index in [0.717, 1.165) is 29.1 Å². The SMILES string of the molecule is O=C1CSc2ccc(C3CCNC3=O)cc2N1. The minimum absolute atomic E-state index is 0.0236. The monoisotopic (exact) mass is 248 g/mol. The van der Waals surface area contributed by atoms with E-state index in [9.17, 15) is 9.59 Å². The predicted octanol–water partition coefficient (Wildman–Crippen LogP) is 1.33. The molecule has 2 aliphatic rings. The van der Waals surface area contributed by atoms with Crippen LogP contribution in [0.15, 0.2) is 23.1 Å². The van der Waals surface area contributed by atoms with Gasteiger partial charge in [-0.05, 0) is 24.1 Å². The summed E-state index contributed by atoms with van der Waals surface area (Å²) >= 11 is 1.54. The molecule has 0 saturated carbocycles. The third-order valence-electron chi connectivity index (χ3n) is 3.09. The van der Waals surface area contributed by atoms with Gasteiger partial charge in [0.1, 0.15) is 0 Å². The standard InChI is InChI=1S/C12H12N2O2S/c15-11-6-17-10-2-1-7(5-9(10)14-11)8-3-4-13-12(8)16/h1-2,5,8H,3-4,6H2,(H,13,16)(H,14,15). The summed E-state index contributed by atoms with van der Waals surface area (Å²) in [4.78, 5) is 24.0. The van der Waals surface area contributed by atoms with Crippen LogP contribution >= 0.6 is 11.8 Å². The minimum atomic E-state index is -0.0656. The molecule has 2 heterocycles. The molecule has 1 aromatic rings. The second-order valence-corrected chi connectivity index (χ2v) is 5.24. The van der Waals surface area contributed by atoms with Crippen molar-refractivity contribution >= 4 is 29.3 Å². The number of fused-ring (bicyclic) bond motifs is 1. The summed E-state index contributed by atoms with van der Waals surface area (Å²) in [6.45, 7) is 0.738. The molecule has 1 atom stereocenters. The Kier molecular flexibility index (Phi) is 2.55. The van der Waals surface area contributed by atoms with Gasteiger partial charge in [0.05, 0.1) is 17.4 Å². The fraction of sp³-hybridized carbons (Fsp3) is 0.333. The van der Waals surface area contributed by atoms with Gasteiger partial charge >= 0.3 is 0 Å². The molecule has 0 bridgehead atoms. The van der Waals surface area contributed by atoms with Gasteiger partial charge in [0, 0.05) is 11.4 Å². The van der Waals surface area contributed by atoms with Crippen molar-refractivity contribution in [3.63, 3.8) is 0 Å². The number of thioether (sulfide) groups is 1. The summed E-state index contributed by atoms with van der Waals surface area (Å²) in [5, 5.41) is 5.67. The molecule has 1 fully saturated rings. The lowest BCUT2D eigenvalue weighted by Crippen LogP contribution is -2.20. The van der Waals surface area contributed by atoms with Crippen LogP contribution in [0.25, 0.3) is 0 Å². The van der Waals surface area contributed by atoms with Gasteiger partial charge < -0.3 is 10.6 Å². The largest absolute Gasteiger partial charge is 0.356 e. The summed E-state index contributed by atoms with van der Waals surface area (Å²) in [6, 6.07) is 5.90. The fourth-order valence-corrected chi connectivity index (χ4v) is 3.02. The van der Waals surface area contributed by atoms with E-state index < -0.39 is 0 Å². The Labute approximate surface area is 103 Å². The van der Waals surface area contributed by atoms with Crippen molar-refractivity contribution in [2.24, 2.45) is 0 Å². The van der Waals surface area contributed by atoms with Crippen LogP contribution in [0.1, 0.15) is 17.9 Å². The Balaban J connectivity index is 1.94. The Bertz CT molecular complexity index is 501. The predicted molar refractivity (Wildman–Crippen MR) is 66.2 cm³/mol. The zero-order chi connectivity index (χ0) is 11.8. The number of carbonyl (C=O) groups excluding carboxylic acids is 2. The van der Waals surface area contributed by atoms with Crippen molar-refractivity contribution in [2.45, 2.75) is 17.2 Å². The first-order valence-electron chi connectivity index (χ1n) is 5.58. The molecule has 0 aliphatic carbocycles. The molecule has 88 valence electrons. The van der Waals surface area contributed by atoms with E-state index in [1.54, 1.807) is 0 Å². The molecule has 2 aliphatic heterocycles. The Morgan fingerprint density at radius 2 is 2.18 bits per heavy atom. The summed E-state index contributed by atoms with van der Waals surface area (Å²) < 4.78 is 0. The van der Waals surface area contributed by atoms with Crippen LogP contribution < -0.4 is 10.6 Å². The van der Waals surface area contributed by atoms with E-state index in [2.05, 4.69) is 10.6 Å². The second-order valence-electron chi connectivity index (χ2n) is 4.22. The molecule has 0 radical (unpaired) electrons. The molecular formula is C12H12N2O2S. The number of nitrogens with one attached hydrogen (secondary N) is 2. The maximum absolute atomic E-state index is 11.6. The van der Waals surface area contributed by atoms with Gasteiger partial charge in [-0.1, -0.05) is 6.07 Å². The maximum atomic E-state index is 11.6. The number of anilines is 1. The lowest BCUT2D eigenvalue weighted by molar-refractivity contribution is -0.120. The lowest BCUT2D eigenvalue weighted by Gasteiger charge is -2.18. The van der Waals surface area contributed by atoms with Crippen molar-refractivity contribution in [2.75, 3.05) is 17.6 Å². The Morgan fingerprint density at radius 3 is 2.94 bits per heavy atom. The number of amides is 2. The van der Waals surface area contributed by atoms with E-state index in [-0.39, 0.29) is 17.7 Å². The van der Waals surface area contributed by atoms with E-state index >= 15 is 0 Å². The molecule has 0 spiro atoms. The average molecular weight is 248 g/mol. The topological polar surface area (TPSA) is 58.2 Å². The zero-order valence-corrected chi connectivity index (χ0v) is 9.97. The highest BCUT2D eigenvalue weighted by molar-refractivity contribution is 8.00. The van der Waals surface area contributed by atoms with Gasteiger partial charge in [-0.25, -0.2) is 0 Å². The molecule has 17 heavy (non-hydrogen) atoms. The first kappa shape index (κ1) is 10.7. The number of hydrogen-bond donors (Lipinski definition) is 2. The first-order valence-corrected chi connectivity index (χ1v) is 6.57. The molecular weight excluding hydrogens is 236 g/mol. The normalized spacial score (nSPS) is 22.9. The highest BCUT2D eigenvalue weighted by Gasteiger charge is 2.27. The van der Waals surface area contributed by atoms with Crippen LogP contribution in [0.5, 0.6) is 0 Å². The second kappa shape index (κ2) is 4.07. The van der Waals surface area contributed by atoms with Gasteiger partial charge in [-0.2, -0.15) is 0 Å². The van der Waals surface area contributed by atoms with Crippen molar-refractivity contribution in [1.82, 2.24) is 5.32 Å². The molecule has 1 saturated heterocycles. The quantitative estimate of drug-likeness (QED) is 0.788. The number of benzene rings is 1. The van der Waals surface area contributed by atoms with E-state index in [0.29, 0.717) is 5.75 Å². The lowest BCUT2D eigenvalue weighted by atomic mass is 9.97. The van der Waals surface area contributed by atoms with Crippen molar-refractivity contribution in [1.29, 1.82) is 0 Å². The van der Waals surface area contributed by atoms with Gasteiger partial charge in [0.2, 0.25) is 11.8 Å². The van der Waals surface area contributed by atoms with Gasteiger partial charge in [-0.15, -0.1) is 11.8 Å². The van der Waals surface area contributed by atoms with E-state index in [4.69, 9.17) is 0 Å². The van der Waals surface area contributed by atoms with Crippen LogP contribution in [-0.4, -0.2) is 24.1 Å².